The van der Waals surface area contributed by atoms with Crippen LogP contribution in [0, 0.1) is 0 Å². The molecule has 0 aromatic carbocycles. The van der Waals surface area contributed by atoms with Gasteiger partial charge in [0.15, 0.2) is 0 Å². The third-order valence-electron chi connectivity index (χ3n) is 3.93. The van der Waals surface area contributed by atoms with Gasteiger partial charge in [-0.25, -0.2) is 0 Å². The third kappa shape index (κ3) is 7.41. The van der Waals surface area contributed by atoms with Gasteiger partial charge in [-0.3, -0.25) is 0 Å². The Balaban J connectivity index is 2.02. The number of methoxy groups -OCH3 is 1. The summed E-state index contributed by atoms with van der Waals surface area (Å²) in [5.41, 5.74) is 1.15. The highest BCUT2D eigenvalue weighted by Gasteiger charge is 2.25. The molecule has 0 saturated heterocycles. The third-order valence-corrected chi connectivity index (χ3v) is 3.93. The van der Waals surface area contributed by atoms with Gasteiger partial charge in [-0.1, -0.05) is 45.6 Å². The van der Waals surface area contributed by atoms with Crippen LogP contribution in [0.3, 0.4) is 0 Å². The summed E-state index contributed by atoms with van der Waals surface area (Å²) in [4.78, 5) is 0. The first-order valence-electron chi connectivity index (χ1n) is 8.17. The maximum Gasteiger partial charge on any atom is 0.147 e. The van der Waals surface area contributed by atoms with Crippen LogP contribution in [-0.4, -0.2) is 32.7 Å². The summed E-state index contributed by atoms with van der Waals surface area (Å²) in [6, 6.07) is 0. The fourth-order valence-electron chi connectivity index (χ4n) is 2.69. The Morgan fingerprint density at radius 3 is 2.50 bits per heavy atom. The standard InChI is InChI=1S/C17H32O3/c1-4-5-6-7-8-9-12-19-16-10-11-17(15(2)13-16)20-14-18-3/h16-17H,2,4-14H2,1,3H3. The molecule has 2 unspecified atom stereocenters. The Bertz CT molecular complexity index is 253. The van der Waals surface area contributed by atoms with Crippen molar-refractivity contribution in [2.75, 3.05) is 20.5 Å². The molecule has 3 nitrogen and oxygen atoms in total. The predicted octanol–water partition coefficient (Wildman–Crippen LogP) is 4.46. The van der Waals surface area contributed by atoms with Crippen LogP contribution in [0.5, 0.6) is 0 Å². The molecule has 0 aromatic rings. The lowest BCUT2D eigenvalue weighted by atomic mass is 9.91. The summed E-state index contributed by atoms with van der Waals surface area (Å²) >= 11 is 0. The molecule has 0 bridgehead atoms. The van der Waals surface area contributed by atoms with Crippen molar-refractivity contribution in [1.29, 1.82) is 0 Å². The van der Waals surface area contributed by atoms with E-state index < -0.39 is 0 Å². The summed E-state index contributed by atoms with van der Waals surface area (Å²) in [5, 5.41) is 0. The highest BCUT2D eigenvalue weighted by atomic mass is 16.7. The molecule has 1 rings (SSSR count). The van der Waals surface area contributed by atoms with Crippen LogP contribution in [0.2, 0.25) is 0 Å². The maximum atomic E-state index is 5.97. The number of hydrogen-bond donors (Lipinski definition) is 0. The molecule has 1 aliphatic rings. The summed E-state index contributed by atoms with van der Waals surface area (Å²) in [5.74, 6) is 0. The average Bonchev–Trinajstić information content (AvgIpc) is 2.45. The molecule has 0 spiro atoms. The lowest BCUT2D eigenvalue weighted by molar-refractivity contribution is -0.0772. The van der Waals surface area contributed by atoms with Gasteiger partial charge in [0, 0.05) is 13.7 Å². The van der Waals surface area contributed by atoms with Crippen LogP contribution in [0.1, 0.15) is 64.7 Å². The van der Waals surface area contributed by atoms with Crippen molar-refractivity contribution in [1.82, 2.24) is 0 Å². The number of ether oxygens (including phenoxy) is 3. The molecule has 0 aromatic heterocycles. The Morgan fingerprint density at radius 1 is 1.05 bits per heavy atom. The maximum absolute atomic E-state index is 5.97. The van der Waals surface area contributed by atoms with Gasteiger partial charge < -0.3 is 14.2 Å². The first-order chi connectivity index (χ1) is 9.77. The summed E-state index contributed by atoms with van der Waals surface area (Å²) in [6.45, 7) is 7.62. The SMILES string of the molecule is C=C1CC(OCCCCCCCC)CCC1OCOC. The summed E-state index contributed by atoms with van der Waals surface area (Å²) in [6.07, 6.45) is 11.4. The molecular formula is C17H32O3. The highest BCUT2D eigenvalue weighted by molar-refractivity contribution is 5.07. The number of rotatable bonds is 11. The molecule has 0 amide bonds. The van der Waals surface area contributed by atoms with Gasteiger partial charge in [0.05, 0.1) is 12.2 Å². The van der Waals surface area contributed by atoms with Crippen molar-refractivity contribution in [3.05, 3.63) is 12.2 Å². The minimum atomic E-state index is 0.156. The van der Waals surface area contributed by atoms with E-state index in [1.165, 1.54) is 38.5 Å². The van der Waals surface area contributed by atoms with E-state index >= 15 is 0 Å². The van der Waals surface area contributed by atoms with E-state index in [0.717, 1.165) is 31.4 Å². The van der Waals surface area contributed by atoms with Gasteiger partial charge in [0.25, 0.3) is 0 Å². The van der Waals surface area contributed by atoms with Gasteiger partial charge in [0.1, 0.15) is 6.79 Å². The minimum Gasteiger partial charge on any atom is -0.378 e. The molecular weight excluding hydrogens is 252 g/mol. The Morgan fingerprint density at radius 2 is 1.80 bits per heavy atom. The lowest BCUT2D eigenvalue weighted by Crippen LogP contribution is -2.29. The fraction of sp³-hybridized carbons (Fsp3) is 0.882. The van der Waals surface area contributed by atoms with E-state index in [9.17, 15) is 0 Å². The molecule has 3 heteroatoms. The van der Waals surface area contributed by atoms with Crippen molar-refractivity contribution in [3.8, 4) is 0 Å². The molecule has 20 heavy (non-hydrogen) atoms. The summed E-state index contributed by atoms with van der Waals surface area (Å²) < 4.78 is 16.5. The quantitative estimate of drug-likeness (QED) is 0.318. The molecule has 1 fully saturated rings. The second-order valence-corrected chi connectivity index (χ2v) is 5.76. The number of unbranched alkanes of at least 4 members (excludes halogenated alkanes) is 5. The van der Waals surface area contributed by atoms with Gasteiger partial charge in [-0.15, -0.1) is 0 Å². The molecule has 0 radical (unpaired) electrons. The minimum absolute atomic E-state index is 0.156. The van der Waals surface area contributed by atoms with Gasteiger partial charge in [-0.2, -0.15) is 0 Å². The van der Waals surface area contributed by atoms with E-state index in [0.29, 0.717) is 12.9 Å². The first kappa shape index (κ1) is 17.7. The zero-order chi connectivity index (χ0) is 14.6. The number of hydrogen-bond acceptors (Lipinski definition) is 3. The first-order valence-corrected chi connectivity index (χ1v) is 8.17. The Hall–Kier alpha value is -0.380. The molecule has 1 saturated carbocycles. The van der Waals surface area contributed by atoms with Crippen molar-refractivity contribution < 1.29 is 14.2 Å². The van der Waals surface area contributed by atoms with E-state index in [4.69, 9.17) is 14.2 Å². The Labute approximate surface area is 124 Å². The highest BCUT2D eigenvalue weighted by Crippen LogP contribution is 2.27. The molecule has 118 valence electrons. The second-order valence-electron chi connectivity index (χ2n) is 5.76. The van der Waals surface area contributed by atoms with Crippen molar-refractivity contribution in [2.24, 2.45) is 0 Å². The smallest absolute Gasteiger partial charge is 0.147 e. The molecule has 1 aliphatic carbocycles. The van der Waals surface area contributed by atoms with Crippen molar-refractivity contribution in [2.45, 2.75) is 76.9 Å². The van der Waals surface area contributed by atoms with Crippen LogP contribution in [-0.2, 0) is 14.2 Å². The van der Waals surface area contributed by atoms with Gasteiger partial charge in [-0.05, 0) is 31.3 Å². The predicted molar refractivity (Wildman–Crippen MR) is 82.9 cm³/mol. The zero-order valence-electron chi connectivity index (χ0n) is 13.4. The Kier molecular flexibility index (Phi) is 9.98. The van der Waals surface area contributed by atoms with Crippen molar-refractivity contribution in [3.63, 3.8) is 0 Å². The van der Waals surface area contributed by atoms with E-state index in [-0.39, 0.29) is 6.10 Å². The van der Waals surface area contributed by atoms with Crippen LogP contribution in [0.25, 0.3) is 0 Å². The normalized spacial score (nSPS) is 23.2. The fourth-order valence-corrected chi connectivity index (χ4v) is 2.69. The van der Waals surface area contributed by atoms with Gasteiger partial charge >= 0.3 is 0 Å². The van der Waals surface area contributed by atoms with Crippen molar-refractivity contribution >= 4 is 0 Å². The lowest BCUT2D eigenvalue weighted by Gasteiger charge is -2.30. The summed E-state index contributed by atoms with van der Waals surface area (Å²) in [7, 11) is 1.65. The molecule has 2 atom stereocenters. The monoisotopic (exact) mass is 284 g/mol. The van der Waals surface area contributed by atoms with Crippen LogP contribution >= 0.6 is 0 Å². The van der Waals surface area contributed by atoms with Crippen LogP contribution < -0.4 is 0 Å². The van der Waals surface area contributed by atoms with Crippen LogP contribution in [0.15, 0.2) is 12.2 Å². The second kappa shape index (κ2) is 11.3. The van der Waals surface area contributed by atoms with E-state index in [1.807, 2.05) is 0 Å². The van der Waals surface area contributed by atoms with Crippen LogP contribution in [0.4, 0.5) is 0 Å². The molecule has 0 heterocycles. The average molecular weight is 284 g/mol. The zero-order valence-corrected chi connectivity index (χ0v) is 13.4. The molecule has 0 N–H and O–H groups in total. The largest absolute Gasteiger partial charge is 0.378 e. The van der Waals surface area contributed by atoms with E-state index in [2.05, 4.69) is 13.5 Å². The van der Waals surface area contributed by atoms with Gasteiger partial charge in [0.2, 0.25) is 0 Å². The van der Waals surface area contributed by atoms with E-state index in [1.54, 1.807) is 7.11 Å². The molecule has 0 aliphatic heterocycles. The topological polar surface area (TPSA) is 27.7 Å².